The molecule has 168 valence electrons. The SMILES string of the molecule is C=CCN1C(=O)C(CC(=O)Nc2ccc(OC)c(OC)c2)SC1=Nc1ccc(C)c(C)c1. The molecule has 1 saturated heterocycles. The molecule has 1 heterocycles. The van der Waals surface area contributed by atoms with Crippen molar-refractivity contribution in [2.45, 2.75) is 25.5 Å². The van der Waals surface area contributed by atoms with E-state index in [2.05, 4.69) is 16.9 Å². The number of amidine groups is 1. The van der Waals surface area contributed by atoms with Crippen LogP contribution in [0.4, 0.5) is 11.4 Å². The number of thioether (sulfide) groups is 1. The lowest BCUT2D eigenvalue weighted by Gasteiger charge is -2.14. The summed E-state index contributed by atoms with van der Waals surface area (Å²) in [5, 5.41) is 2.84. The zero-order chi connectivity index (χ0) is 23.3. The molecule has 0 aliphatic carbocycles. The van der Waals surface area contributed by atoms with Gasteiger partial charge >= 0.3 is 0 Å². The summed E-state index contributed by atoms with van der Waals surface area (Å²) in [5.41, 5.74) is 3.64. The van der Waals surface area contributed by atoms with Crippen molar-refractivity contribution in [1.29, 1.82) is 0 Å². The summed E-state index contributed by atoms with van der Waals surface area (Å²) in [6, 6.07) is 11.0. The van der Waals surface area contributed by atoms with E-state index in [-0.39, 0.29) is 18.2 Å². The molecule has 1 aliphatic rings. The Morgan fingerprint density at radius 2 is 1.91 bits per heavy atom. The zero-order valence-electron chi connectivity index (χ0n) is 18.7. The van der Waals surface area contributed by atoms with Gasteiger partial charge in [0.25, 0.3) is 0 Å². The van der Waals surface area contributed by atoms with Crippen molar-refractivity contribution in [3.8, 4) is 11.5 Å². The number of nitrogens with one attached hydrogen (secondary N) is 1. The second-order valence-corrected chi connectivity index (χ2v) is 8.50. The first kappa shape index (κ1) is 23.4. The highest BCUT2D eigenvalue weighted by Crippen LogP contribution is 2.33. The van der Waals surface area contributed by atoms with Gasteiger partial charge in [0.15, 0.2) is 16.7 Å². The van der Waals surface area contributed by atoms with Crippen molar-refractivity contribution in [3.63, 3.8) is 0 Å². The summed E-state index contributed by atoms with van der Waals surface area (Å²) in [4.78, 5) is 31.8. The summed E-state index contributed by atoms with van der Waals surface area (Å²) < 4.78 is 10.5. The third kappa shape index (κ3) is 5.31. The number of aryl methyl sites for hydroxylation is 2. The summed E-state index contributed by atoms with van der Waals surface area (Å²) in [5.74, 6) is 0.657. The first-order chi connectivity index (χ1) is 15.4. The summed E-state index contributed by atoms with van der Waals surface area (Å²) >= 11 is 1.30. The summed E-state index contributed by atoms with van der Waals surface area (Å²) in [6.45, 7) is 8.14. The minimum atomic E-state index is -0.555. The van der Waals surface area contributed by atoms with Gasteiger partial charge in [-0.05, 0) is 49.2 Å². The molecule has 3 rings (SSSR count). The van der Waals surface area contributed by atoms with Crippen molar-refractivity contribution in [2.75, 3.05) is 26.1 Å². The van der Waals surface area contributed by atoms with Gasteiger partial charge in [-0.2, -0.15) is 0 Å². The molecular formula is C24H27N3O4S. The van der Waals surface area contributed by atoms with Crippen LogP contribution in [0, 0.1) is 13.8 Å². The Bertz CT molecular complexity index is 1070. The Morgan fingerprint density at radius 1 is 1.16 bits per heavy atom. The minimum Gasteiger partial charge on any atom is -0.493 e. The molecule has 8 heteroatoms. The van der Waals surface area contributed by atoms with Gasteiger partial charge in [0.1, 0.15) is 5.25 Å². The number of aliphatic imine (C=N–C) groups is 1. The number of carbonyl (C=O) groups is 2. The Kier molecular flexibility index (Phi) is 7.58. The van der Waals surface area contributed by atoms with E-state index in [9.17, 15) is 9.59 Å². The van der Waals surface area contributed by atoms with Gasteiger partial charge in [-0.25, -0.2) is 4.99 Å². The van der Waals surface area contributed by atoms with E-state index in [0.717, 1.165) is 11.3 Å². The Labute approximate surface area is 192 Å². The molecule has 2 aromatic rings. The number of hydrogen-bond acceptors (Lipinski definition) is 6. The normalized spacial score (nSPS) is 16.9. The van der Waals surface area contributed by atoms with Crippen molar-refractivity contribution in [1.82, 2.24) is 4.90 Å². The van der Waals surface area contributed by atoms with E-state index in [1.807, 2.05) is 32.0 Å². The van der Waals surface area contributed by atoms with E-state index in [0.29, 0.717) is 28.9 Å². The lowest BCUT2D eigenvalue weighted by Crippen LogP contribution is -2.33. The number of carbonyl (C=O) groups excluding carboxylic acids is 2. The first-order valence-corrected chi connectivity index (χ1v) is 11.0. The fourth-order valence-corrected chi connectivity index (χ4v) is 4.39. The Hall–Kier alpha value is -3.26. The van der Waals surface area contributed by atoms with Crippen LogP contribution < -0.4 is 14.8 Å². The van der Waals surface area contributed by atoms with Gasteiger partial charge < -0.3 is 14.8 Å². The van der Waals surface area contributed by atoms with Crippen LogP contribution in [0.2, 0.25) is 0 Å². The second-order valence-electron chi connectivity index (χ2n) is 7.33. The van der Waals surface area contributed by atoms with Crippen LogP contribution in [-0.4, -0.2) is 47.9 Å². The van der Waals surface area contributed by atoms with Crippen LogP contribution in [0.1, 0.15) is 17.5 Å². The van der Waals surface area contributed by atoms with Crippen molar-refractivity contribution in [2.24, 2.45) is 4.99 Å². The molecule has 1 N–H and O–H groups in total. The van der Waals surface area contributed by atoms with Gasteiger partial charge in [0.2, 0.25) is 11.8 Å². The lowest BCUT2D eigenvalue weighted by molar-refractivity contribution is -0.127. The van der Waals surface area contributed by atoms with E-state index in [4.69, 9.17) is 9.47 Å². The molecule has 0 aromatic heterocycles. The molecule has 1 aliphatic heterocycles. The number of ether oxygens (including phenoxy) is 2. The van der Waals surface area contributed by atoms with E-state index in [1.165, 1.54) is 24.4 Å². The standard InChI is InChI=1S/C24H27N3O4S/c1-6-11-27-23(29)21(32-24(27)26-17-8-7-15(2)16(3)12-17)14-22(28)25-18-9-10-19(30-4)20(13-18)31-5/h6-10,12-13,21H,1,11,14H2,2-5H3,(H,25,28). The van der Waals surface area contributed by atoms with Crippen LogP contribution >= 0.6 is 11.8 Å². The lowest BCUT2D eigenvalue weighted by atomic mass is 10.1. The largest absolute Gasteiger partial charge is 0.493 e. The topological polar surface area (TPSA) is 80.2 Å². The maximum Gasteiger partial charge on any atom is 0.242 e. The molecular weight excluding hydrogens is 426 g/mol. The monoisotopic (exact) mass is 453 g/mol. The number of rotatable bonds is 8. The minimum absolute atomic E-state index is 0.0252. The molecule has 1 atom stereocenters. The fourth-order valence-electron chi connectivity index (χ4n) is 3.22. The summed E-state index contributed by atoms with van der Waals surface area (Å²) in [7, 11) is 3.08. The van der Waals surface area contributed by atoms with Crippen LogP contribution in [0.5, 0.6) is 11.5 Å². The van der Waals surface area contributed by atoms with Gasteiger partial charge in [-0.1, -0.05) is 23.9 Å². The van der Waals surface area contributed by atoms with Gasteiger partial charge in [0.05, 0.1) is 19.9 Å². The highest BCUT2D eigenvalue weighted by atomic mass is 32.2. The maximum atomic E-state index is 12.9. The van der Waals surface area contributed by atoms with E-state index in [1.54, 1.807) is 36.3 Å². The number of benzene rings is 2. The molecule has 0 radical (unpaired) electrons. The number of amides is 2. The highest BCUT2D eigenvalue weighted by molar-refractivity contribution is 8.15. The van der Waals surface area contributed by atoms with Gasteiger partial charge in [-0.15, -0.1) is 6.58 Å². The number of hydrogen-bond donors (Lipinski definition) is 1. The quantitative estimate of drug-likeness (QED) is 0.597. The van der Waals surface area contributed by atoms with E-state index >= 15 is 0 Å². The second kappa shape index (κ2) is 10.4. The zero-order valence-corrected chi connectivity index (χ0v) is 19.5. The number of anilines is 1. The van der Waals surface area contributed by atoms with Crippen molar-refractivity contribution < 1.29 is 19.1 Å². The van der Waals surface area contributed by atoms with Crippen LogP contribution in [0.15, 0.2) is 54.0 Å². The molecule has 2 amide bonds. The molecule has 0 spiro atoms. The van der Waals surface area contributed by atoms with Crippen molar-refractivity contribution in [3.05, 3.63) is 60.2 Å². The Balaban J connectivity index is 1.74. The fraction of sp³-hybridized carbons (Fsp3) is 0.292. The maximum absolute atomic E-state index is 12.9. The highest BCUT2D eigenvalue weighted by Gasteiger charge is 2.38. The molecule has 1 fully saturated rings. The van der Waals surface area contributed by atoms with Crippen LogP contribution in [0.3, 0.4) is 0 Å². The van der Waals surface area contributed by atoms with E-state index < -0.39 is 5.25 Å². The number of methoxy groups -OCH3 is 2. The smallest absolute Gasteiger partial charge is 0.242 e. The van der Waals surface area contributed by atoms with Crippen molar-refractivity contribution >= 4 is 40.1 Å². The molecule has 32 heavy (non-hydrogen) atoms. The molecule has 2 aromatic carbocycles. The van der Waals surface area contributed by atoms with Crippen LogP contribution in [0.25, 0.3) is 0 Å². The third-order valence-corrected chi connectivity index (χ3v) is 6.26. The third-order valence-electron chi connectivity index (χ3n) is 5.09. The van der Waals surface area contributed by atoms with Gasteiger partial charge in [0, 0.05) is 24.7 Å². The molecule has 0 bridgehead atoms. The summed E-state index contributed by atoms with van der Waals surface area (Å²) in [6.07, 6.45) is 1.68. The Morgan fingerprint density at radius 3 is 2.56 bits per heavy atom. The van der Waals surface area contributed by atoms with Crippen LogP contribution in [-0.2, 0) is 9.59 Å². The van der Waals surface area contributed by atoms with Gasteiger partial charge in [-0.3, -0.25) is 14.5 Å². The molecule has 1 unspecified atom stereocenters. The predicted octanol–water partition coefficient (Wildman–Crippen LogP) is 4.47. The average molecular weight is 454 g/mol. The predicted molar refractivity (Wildman–Crippen MR) is 129 cm³/mol. The molecule has 0 saturated carbocycles. The first-order valence-electron chi connectivity index (χ1n) is 10.1. The number of nitrogens with zero attached hydrogens (tertiary/aromatic N) is 2. The molecule has 7 nitrogen and oxygen atoms in total. The average Bonchev–Trinajstić information content (AvgIpc) is 3.05.